The summed E-state index contributed by atoms with van der Waals surface area (Å²) < 4.78 is 1.42. The van der Waals surface area contributed by atoms with Crippen molar-refractivity contribution in [3.05, 3.63) is 10.5 Å². The number of nitrogens with two attached hydrogens (primary N) is 1. The summed E-state index contributed by atoms with van der Waals surface area (Å²) in [6.07, 6.45) is 0.595. The molecule has 1 aromatic heterocycles. The summed E-state index contributed by atoms with van der Waals surface area (Å²) in [4.78, 5) is 22.0. The van der Waals surface area contributed by atoms with E-state index in [1.165, 1.54) is 16.3 Å². The molecule has 1 amide bonds. The van der Waals surface area contributed by atoms with Gasteiger partial charge in [0, 0.05) is 12.8 Å². The van der Waals surface area contributed by atoms with E-state index in [-0.39, 0.29) is 17.6 Å². The van der Waals surface area contributed by atoms with Gasteiger partial charge >= 0.3 is 5.69 Å². The minimum Gasteiger partial charge on any atom is -0.368 e. The second-order valence-corrected chi connectivity index (χ2v) is 4.31. The van der Waals surface area contributed by atoms with Gasteiger partial charge in [-0.15, -0.1) is 5.10 Å². The summed E-state index contributed by atoms with van der Waals surface area (Å²) in [6, 6.07) is -0.344. The first kappa shape index (κ1) is 12.8. The van der Waals surface area contributed by atoms with Crippen molar-refractivity contribution in [1.82, 2.24) is 20.1 Å². The van der Waals surface area contributed by atoms with Crippen molar-refractivity contribution in [3.63, 3.8) is 0 Å². The molecule has 16 heavy (non-hydrogen) atoms. The summed E-state index contributed by atoms with van der Waals surface area (Å²) in [5.41, 5.74) is 4.93. The third kappa shape index (κ3) is 3.11. The van der Waals surface area contributed by atoms with Gasteiger partial charge in [-0.2, -0.15) is 0 Å². The molecule has 1 aromatic rings. The molecule has 1 unspecified atom stereocenters. The van der Waals surface area contributed by atoms with E-state index in [0.29, 0.717) is 17.3 Å². The van der Waals surface area contributed by atoms with Gasteiger partial charge in [-0.1, -0.05) is 11.8 Å². The third-order valence-electron chi connectivity index (χ3n) is 2.17. The lowest BCUT2D eigenvalue weighted by Gasteiger charge is -2.10. The van der Waals surface area contributed by atoms with Crippen molar-refractivity contribution in [2.24, 2.45) is 12.8 Å². The fraction of sp³-hybridized carbons (Fsp3) is 0.625. The van der Waals surface area contributed by atoms with E-state index in [9.17, 15) is 9.59 Å². The quantitative estimate of drug-likeness (QED) is 0.538. The van der Waals surface area contributed by atoms with Gasteiger partial charge < -0.3 is 11.1 Å². The lowest BCUT2D eigenvalue weighted by molar-refractivity contribution is -0.119. The molecule has 0 fully saturated rings. The van der Waals surface area contributed by atoms with Crippen LogP contribution in [0.15, 0.2) is 9.95 Å². The maximum Gasteiger partial charge on any atom is 0.343 e. The van der Waals surface area contributed by atoms with E-state index < -0.39 is 0 Å². The SMILES string of the molecule is CNC(CCSc1n[nH]c(=O)n1C)C(N)=O. The van der Waals surface area contributed by atoms with Crippen molar-refractivity contribution in [3.8, 4) is 0 Å². The molecule has 4 N–H and O–H groups in total. The first-order chi connectivity index (χ1) is 7.56. The van der Waals surface area contributed by atoms with Crippen LogP contribution in [0, 0.1) is 0 Å². The second-order valence-electron chi connectivity index (χ2n) is 3.25. The Labute approximate surface area is 96.8 Å². The number of hydrogen-bond donors (Lipinski definition) is 3. The first-order valence-corrected chi connectivity index (χ1v) is 5.75. The average molecular weight is 245 g/mol. The molecule has 0 aliphatic heterocycles. The predicted molar refractivity (Wildman–Crippen MR) is 61.2 cm³/mol. The lowest BCUT2D eigenvalue weighted by Crippen LogP contribution is -2.39. The van der Waals surface area contributed by atoms with Gasteiger partial charge in [0.15, 0.2) is 5.16 Å². The summed E-state index contributed by atoms with van der Waals surface area (Å²) in [5.74, 6) is 0.283. The number of aromatic amines is 1. The Bertz CT molecular complexity index is 413. The molecule has 0 aliphatic carbocycles. The summed E-state index contributed by atoms with van der Waals surface area (Å²) in [6.45, 7) is 0. The van der Waals surface area contributed by atoms with Crippen LogP contribution in [0.4, 0.5) is 0 Å². The maximum atomic E-state index is 11.0. The van der Waals surface area contributed by atoms with Crippen molar-refractivity contribution < 1.29 is 4.79 Å². The highest BCUT2D eigenvalue weighted by molar-refractivity contribution is 7.99. The number of carbonyl (C=O) groups excluding carboxylic acids is 1. The Morgan fingerprint density at radius 3 is 2.88 bits per heavy atom. The van der Waals surface area contributed by atoms with Gasteiger partial charge in [-0.3, -0.25) is 9.36 Å². The zero-order valence-corrected chi connectivity index (χ0v) is 10.0. The van der Waals surface area contributed by atoms with E-state index >= 15 is 0 Å². The van der Waals surface area contributed by atoms with Crippen LogP contribution in [-0.4, -0.2) is 39.5 Å². The highest BCUT2D eigenvalue weighted by atomic mass is 32.2. The zero-order chi connectivity index (χ0) is 12.1. The predicted octanol–water partition coefficient (Wildman–Crippen LogP) is -1.34. The van der Waals surface area contributed by atoms with Gasteiger partial charge in [-0.25, -0.2) is 9.89 Å². The first-order valence-electron chi connectivity index (χ1n) is 4.77. The van der Waals surface area contributed by atoms with Crippen LogP contribution in [0.3, 0.4) is 0 Å². The van der Waals surface area contributed by atoms with Crippen LogP contribution in [0.25, 0.3) is 0 Å². The molecular weight excluding hydrogens is 230 g/mol. The number of hydrogen-bond acceptors (Lipinski definition) is 5. The maximum absolute atomic E-state index is 11.0. The molecule has 0 saturated heterocycles. The number of nitrogens with one attached hydrogen (secondary N) is 2. The topological polar surface area (TPSA) is 106 Å². The number of thioether (sulfide) groups is 1. The van der Waals surface area contributed by atoms with Crippen LogP contribution in [0.5, 0.6) is 0 Å². The zero-order valence-electron chi connectivity index (χ0n) is 9.19. The van der Waals surface area contributed by atoms with E-state index in [0.717, 1.165) is 0 Å². The number of aromatic nitrogens is 3. The molecule has 7 nitrogen and oxygen atoms in total. The molecule has 0 radical (unpaired) electrons. The fourth-order valence-corrected chi connectivity index (χ4v) is 2.08. The normalized spacial score (nSPS) is 12.6. The lowest BCUT2D eigenvalue weighted by atomic mass is 10.2. The van der Waals surface area contributed by atoms with Crippen molar-refractivity contribution >= 4 is 17.7 Å². The summed E-state index contributed by atoms with van der Waals surface area (Å²) in [7, 11) is 3.32. The number of nitrogens with zero attached hydrogens (tertiary/aromatic N) is 2. The molecule has 0 bridgehead atoms. The summed E-state index contributed by atoms with van der Waals surface area (Å²) in [5, 5.41) is 9.60. The van der Waals surface area contributed by atoms with E-state index in [1.54, 1.807) is 14.1 Å². The van der Waals surface area contributed by atoms with Gasteiger partial charge in [0.05, 0.1) is 6.04 Å². The average Bonchev–Trinajstić information content (AvgIpc) is 2.55. The minimum absolute atomic E-state index is 0.248. The highest BCUT2D eigenvalue weighted by Gasteiger charge is 2.13. The smallest absolute Gasteiger partial charge is 0.343 e. The van der Waals surface area contributed by atoms with Gasteiger partial charge in [0.25, 0.3) is 0 Å². The van der Waals surface area contributed by atoms with Crippen LogP contribution >= 0.6 is 11.8 Å². The second kappa shape index (κ2) is 5.71. The van der Waals surface area contributed by atoms with Crippen molar-refractivity contribution in [1.29, 1.82) is 0 Å². The van der Waals surface area contributed by atoms with E-state index in [1.807, 2.05) is 0 Å². The van der Waals surface area contributed by atoms with Gasteiger partial charge in [0.2, 0.25) is 5.91 Å². The molecule has 1 heterocycles. The highest BCUT2D eigenvalue weighted by Crippen LogP contribution is 2.13. The Hall–Kier alpha value is -1.28. The number of rotatable bonds is 6. The van der Waals surface area contributed by atoms with E-state index in [2.05, 4.69) is 15.5 Å². The van der Waals surface area contributed by atoms with Crippen molar-refractivity contribution in [2.45, 2.75) is 17.6 Å². The fourth-order valence-electron chi connectivity index (χ4n) is 1.16. The Morgan fingerprint density at radius 2 is 2.44 bits per heavy atom. The molecule has 0 saturated carbocycles. The molecule has 1 atom stereocenters. The monoisotopic (exact) mass is 245 g/mol. The third-order valence-corrected chi connectivity index (χ3v) is 3.23. The Morgan fingerprint density at radius 1 is 1.75 bits per heavy atom. The van der Waals surface area contributed by atoms with Crippen molar-refractivity contribution in [2.75, 3.05) is 12.8 Å². The Balaban J connectivity index is 2.44. The minimum atomic E-state index is -0.376. The molecule has 0 aliphatic rings. The number of H-pyrrole nitrogens is 1. The van der Waals surface area contributed by atoms with Crippen LogP contribution in [0.2, 0.25) is 0 Å². The van der Waals surface area contributed by atoms with E-state index in [4.69, 9.17) is 5.73 Å². The molecule has 0 aromatic carbocycles. The van der Waals surface area contributed by atoms with Crippen LogP contribution in [-0.2, 0) is 11.8 Å². The van der Waals surface area contributed by atoms with Crippen LogP contribution in [0.1, 0.15) is 6.42 Å². The number of likely N-dealkylation sites (N-methyl/N-ethyl adjacent to an activating group) is 1. The Kier molecular flexibility index (Phi) is 4.56. The standard InChI is InChI=1S/C8H15N5O2S/c1-10-5(6(9)14)3-4-16-8-12-11-7(15)13(8)2/h5,10H,3-4H2,1-2H3,(H2,9,14)(H,11,15). The van der Waals surface area contributed by atoms with Gasteiger partial charge in [0.1, 0.15) is 0 Å². The van der Waals surface area contributed by atoms with Crippen LogP contribution < -0.4 is 16.7 Å². The number of amides is 1. The molecule has 90 valence electrons. The molecule has 0 spiro atoms. The molecular formula is C8H15N5O2S. The van der Waals surface area contributed by atoms with Gasteiger partial charge in [-0.05, 0) is 13.5 Å². The number of carbonyl (C=O) groups is 1. The molecule has 8 heteroatoms. The largest absolute Gasteiger partial charge is 0.368 e. The molecule has 1 rings (SSSR count). The summed E-state index contributed by atoms with van der Waals surface area (Å²) >= 11 is 1.40. The number of primary amides is 1.